The number of carbonyl (C=O) groups is 3. The van der Waals surface area contributed by atoms with Gasteiger partial charge in [-0.15, -0.1) is 0 Å². The molecule has 1 amide bonds. The van der Waals surface area contributed by atoms with Crippen molar-refractivity contribution in [2.24, 2.45) is 0 Å². The number of esters is 1. The molecule has 3 aromatic rings. The second kappa shape index (κ2) is 10.6. The van der Waals surface area contributed by atoms with Crippen molar-refractivity contribution in [3.8, 4) is 11.5 Å². The predicted molar refractivity (Wildman–Crippen MR) is 147 cm³/mol. The molecule has 3 aromatic carbocycles. The number of amides is 1. The van der Waals surface area contributed by atoms with E-state index >= 15 is 0 Å². The third kappa shape index (κ3) is 5.23. The van der Waals surface area contributed by atoms with E-state index in [0.29, 0.717) is 22.6 Å². The maximum absolute atomic E-state index is 13.5. The molecule has 4 rings (SSSR count). The Balaban J connectivity index is 1.92. The number of aliphatic hydroxyl groups is 1. The fourth-order valence-corrected chi connectivity index (χ4v) is 4.55. The van der Waals surface area contributed by atoms with E-state index in [1.807, 2.05) is 26.8 Å². The van der Waals surface area contributed by atoms with Gasteiger partial charge in [-0.05, 0) is 72.0 Å². The molecule has 2 N–H and O–H groups in total. The summed E-state index contributed by atoms with van der Waals surface area (Å²) in [7, 11) is 1.46. The van der Waals surface area contributed by atoms with E-state index in [4.69, 9.17) is 9.47 Å². The van der Waals surface area contributed by atoms with Gasteiger partial charge < -0.3 is 19.7 Å². The number of phenols is 1. The summed E-state index contributed by atoms with van der Waals surface area (Å²) in [5.74, 6) is -2.25. The number of hydrogen-bond donors (Lipinski definition) is 2. The van der Waals surface area contributed by atoms with E-state index in [-0.39, 0.29) is 34.7 Å². The number of ketones is 1. The summed E-state index contributed by atoms with van der Waals surface area (Å²) in [6.45, 7) is 7.99. The van der Waals surface area contributed by atoms with Gasteiger partial charge in [0.15, 0.2) is 0 Å². The van der Waals surface area contributed by atoms with Gasteiger partial charge in [0.2, 0.25) is 0 Å². The highest BCUT2D eigenvalue weighted by Crippen LogP contribution is 2.44. The highest BCUT2D eigenvalue weighted by atomic mass is 16.5. The zero-order valence-electron chi connectivity index (χ0n) is 22.5. The molecule has 0 spiro atoms. The minimum absolute atomic E-state index is 0.00837. The molecule has 1 unspecified atom stereocenters. The first kappa shape index (κ1) is 27.4. The monoisotopic (exact) mass is 529 g/mol. The number of aromatic hydroxyl groups is 1. The smallest absolute Gasteiger partial charge is 0.338 e. The van der Waals surface area contributed by atoms with Gasteiger partial charge >= 0.3 is 5.97 Å². The third-order valence-electron chi connectivity index (χ3n) is 6.63. The van der Waals surface area contributed by atoms with E-state index in [9.17, 15) is 24.6 Å². The summed E-state index contributed by atoms with van der Waals surface area (Å²) in [6, 6.07) is 16.5. The zero-order valence-corrected chi connectivity index (χ0v) is 22.5. The number of hydrogen-bond acceptors (Lipinski definition) is 7. The normalized spacial score (nSPS) is 16.8. The van der Waals surface area contributed by atoms with Gasteiger partial charge in [0.05, 0.1) is 36.5 Å². The number of Topliss-reactive ketones (excluding diaryl/α,β-unsaturated/α-hetero) is 1. The van der Waals surface area contributed by atoms with Crippen molar-refractivity contribution >= 4 is 29.1 Å². The van der Waals surface area contributed by atoms with Crippen LogP contribution in [0.25, 0.3) is 5.76 Å². The van der Waals surface area contributed by atoms with Crippen molar-refractivity contribution < 1.29 is 34.1 Å². The molecule has 1 heterocycles. The number of methoxy groups -OCH3 is 1. The van der Waals surface area contributed by atoms with Gasteiger partial charge in [0.25, 0.3) is 11.7 Å². The molecule has 8 heteroatoms. The Morgan fingerprint density at radius 2 is 1.62 bits per heavy atom. The SMILES string of the molecule is CCOC(=O)c1ccc(N2C(=O)C(=O)/C(=C(/O)c3cc(C(C)(C)C)ccc3OC)C2c2ccc(O)cc2)cc1. The van der Waals surface area contributed by atoms with Crippen LogP contribution in [0.4, 0.5) is 5.69 Å². The fourth-order valence-electron chi connectivity index (χ4n) is 4.55. The van der Waals surface area contributed by atoms with Crippen LogP contribution >= 0.6 is 0 Å². The summed E-state index contributed by atoms with van der Waals surface area (Å²) in [6.07, 6.45) is 0. The van der Waals surface area contributed by atoms with Crippen molar-refractivity contribution in [3.05, 3.63) is 94.6 Å². The molecular weight excluding hydrogens is 498 g/mol. The number of nitrogens with zero attached hydrogens (tertiary/aromatic N) is 1. The number of rotatable bonds is 6. The Morgan fingerprint density at radius 1 is 0.974 bits per heavy atom. The van der Waals surface area contributed by atoms with Gasteiger partial charge in [-0.1, -0.05) is 39.0 Å². The highest BCUT2D eigenvalue weighted by molar-refractivity contribution is 6.51. The molecule has 1 atom stereocenters. The van der Waals surface area contributed by atoms with Crippen LogP contribution in [0.5, 0.6) is 11.5 Å². The summed E-state index contributed by atoms with van der Waals surface area (Å²) >= 11 is 0. The Hall–Kier alpha value is -4.59. The molecule has 0 radical (unpaired) electrons. The van der Waals surface area contributed by atoms with E-state index in [0.717, 1.165) is 5.56 Å². The molecule has 0 aromatic heterocycles. The van der Waals surface area contributed by atoms with E-state index in [1.54, 1.807) is 43.3 Å². The zero-order chi connectivity index (χ0) is 28.5. The average Bonchev–Trinajstić information content (AvgIpc) is 3.18. The number of benzene rings is 3. The first-order chi connectivity index (χ1) is 18.5. The van der Waals surface area contributed by atoms with Crippen molar-refractivity contribution in [1.82, 2.24) is 0 Å². The number of ether oxygens (including phenoxy) is 2. The van der Waals surface area contributed by atoms with Crippen molar-refractivity contribution in [3.63, 3.8) is 0 Å². The lowest BCUT2D eigenvalue weighted by molar-refractivity contribution is -0.132. The highest BCUT2D eigenvalue weighted by Gasteiger charge is 2.47. The van der Waals surface area contributed by atoms with Crippen LogP contribution in [0.15, 0.2) is 72.3 Å². The standard InChI is InChI=1S/C31H31NO7/c1-6-39-30(37)19-7-12-21(13-8-19)32-26(18-9-14-22(33)15-10-18)25(28(35)29(32)36)27(34)23-17-20(31(2,3)4)11-16-24(23)38-5/h7-17,26,33-34H,6H2,1-5H3/b27-25+. The fraction of sp³-hybridized carbons (Fsp3) is 0.258. The van der Waals surface area contributed by atoms with E-state index in [2.05, 4.69) is 0 Å². The van der Waals surface area contributed by atoms with Gasteiger partial charge in [-0.3, -0.25) is 14.5 Å². The first-order valence-corrected chi connectivity index (χ1v) is 12.5. The Morgan fingerprint density at radius 3 is 2.18 bits per heavy atom. The van der Waals surface area contributed by atoms with Gasteiger partial charge in [-0.2, -0.15) is 0 Å². The van der Waals surface area contributed by atoms with E-state index in [1.165, 1.54) is 36.3 Å². The van der Waals surface area contributed by atoms with Crippen LogP contribution in [0.3, 0.4) is 0 Å². The number of carbonyl (C=O) groups excluding carboxylic acids is 3. The second-order valence-electron chi connectivity index (χ2n) is 10.2. The predicted octanol–water partition coefficient (Wildman–Crippen LogP) is 5.50. The van der Waals surface area contributed by atoms with Crippen LogP contribution in [-0.4, -0.2) is 41.6 Å². The van der Waals surface area contributed by atoms with Crippen LogP contribution in [0.2, 0.25) is 0 Å². The summed E-state index contributed by atoms with van der Waals surface area (Å²) in [5.41, 5.74) is 1.93. The van der Waals surface area contributed by atoms with Crippen LogP contribution in [0, 0.1) is 0 Å². The van der Waals surface area contributed by atoms with Gasteiger partial charge in [-0.25, -0.2) is 4.79 Å². The lowest BCUT2D eigenvalue weighted by Gasteiger charge is -2.26. The molecule has 1 aliphatic heterocycles. The minimum Gasteiger partial charge on any atom is -0.508 e. The van der Waals surface area contributed by atoms with Crippen molar-refractivity contribution in [2.45, 2.75) is 39.2 Å². The van der Waals surface area contributed by atoms with Gasteiger partial charge in [0.1, 0.15) is 17.3 Å². The lowest BCUT2D eigenvalue weighted by Crippen LogP contribution is -2.29. The molecular formula is C31H31NO7. The molecule has 39 heavy (non-hydrogen) atoms. The van der Waals surface area contributed by atoms with Crippen molar-refractivity contribution in [1.29, 1.82) is 0 Å². The van der Waals surface area contributed by atoms with Crippen LogP contribution < -0.4 is 9.64 Å². The molecule has 1 fully saturated rings. The number of aliphatic hydroxyl groups excluding tert-OH is 1. The molecule has 0 saturated carbocycles. The minimum atomic E-state index is -1.01. The molecule has 8 nitrogen and oxygen atoms in total. The molecule has 202 valence electrons. The third-order valence-corrected chi connectivity index (χ3v) is 6.63. The Bertz CT molecular complexity index is 1450. The maximum atomic E-state index is 13.5. The second-order valence-corrected chi connectivity index (χ2v) is 10.2. The van der Waals surface area contributed by atoms with Gasteiger partial charge in [0, 0.05) is 5.69 Å². The maximum Gasteiger partial charge on any atom is 0.338 e. The number of anilines is 1. The summed E-state index contributed by atoms with van der Waals surface area (Å²) in [4.78, 5) is 40.4. The van der Waals surface area contributed by atoms with Crippen molar-refractivity contribution in [2.75, 3.05) is 18.6 Å². The van der Waals surface area contributed by atoms with Crippen LogP contribution in [-0.2, 0) is 19.7 Å². The average molecular weight is 530 g/mol. The van der Waals surface area contributed by atoms with Crippen LogP contribution in [0.1, 0.15) is 60.8 Å². The topological polar surface area (TPSA) is 113 Å². The lowest BCUT2D eigenvalue weighted by atomic mass is 9.85. The molecule has 1 saturated heterocycles. The first-order valence-electron chi connectivity index (χ1n) is 12.5. The number of phenolic OH excluding ortho intramolecular Hbond substituents is 1. The summed E-state index contributed by atoms with van der Waals surface area (Å²) in [5, 5.41) is 21.5. The Labute approximate surface area is 227 Å². The molecule has 0 aliphatic carbocycles. The Kier molecular flexibility index (Phi) is 7.49. The summed E-state index contributed by atoms with van der Waals surface area (Å²) < 4.78 is 10.5. The quantitative estimate of drug-likeness (QED) is 0.188. The molecule has 0 bridgehead atoms. The molecule has 1 aliphatic rings. The largest absolute Gasteiger partial charge is 0.508 e. The van der Waals surface area contributed by atoms with E-state index < -0.39 is 23.7 Å².